The Kier molecular flexibility index (Phi) is 6.03. The topological polar surface area (TPSA) is 61.4 Å². The lowest BCUT2D eigenvalue weighted by atomic mass is 10.0. The van der Waals surface area contributed by atoms with Crippen molar-refractivity contribution in [2.24, 2.45) is 11.8 Å². The van der Waals surface area contributed by atoms with E-state index in [4.69, 9.17) is 0 Å². The number of carbonyl (C=O) groups is 2. The maximum atomic E-state index is 12.2. The van der Waals surface area contributed by atoms with Crippen LogP contribution in [0.3, 0.4) is 0 Å². The lowest BCUT2D eigenvalue weighted by molar-refractivity contribution is -0.132. The number of nitrogens with one attached hydrogen (secondary N) is 2. The maximum Gasteiger partial charge on any atom is 0.222 e. The molecule has 120 valence electrons. The summed E-state index contributed by atoms with van der Waals surface area (Å²) in [7, 11) is 0. The molecular weight excluding hydrogens is 266 g/mol. The Hall–Kier alpha value is -1.10. The van der Waals surface area contributed by atoms with Gasteiger partial charge in [0.15, 0.2) is 0 Å². The van der Waals surface area contributed by atoms with E-state index >= 15 is 0 Å². The molecule has 1 unspecified atom stereocenters. The third kappa shape index (κ3) is 4.99. The van der Waals surface area contributed by atoms with Gasteiger partial charge >= 0.3 is 0 Å². The van der Waals surface area contributed by atoms with Crippen LogP contribution in [0.25, 0.3) is 0 Å². The summed E-state index contributed by atoms with van der Waals surface area (Å²) in [4.78, 5) is 25.9. The Morgan fingerprint density at radius 3 is 2.52 bits per heavy atom. The molecule has 2 rings (SSSR count). The van der Waals surface area contributed by atoms with E-state index in [-0.39, 0.29) is 23.8 Å². The Morgan fingerprint density at radius 2 is 1.95 bits per heavy atom. The predicted molar refractivity (Wildman–Crippen MR) is 82.8 cm³/mol. The van der Waals surface area contributed by atoms with Gasteiger partial charge in [0.05, 0.1) is 0 Å². The second-order valence-corrected chi connectivity index (χ2v) is 6.72. The minimum Gasteiger partial charge on any atom is -0.353 e. The van der Waals surface area contributed by atoms with E-state index in [0.29, 0.717) is 12.3 Å². The molecule has 2 amide bonds. The molecule has 0 bridgehead atoms. The van der Waals surface area contributed by atoms with Crippen LogP contribution in [0.1, 0.15) is 46.0 Å². The molecule has 2 heterocycles. The minimum absolute atomic E-state index is 0.0321. The number of hydrogen-bond acceptors (Lipinski definition) is 3. The fourth-order valence-corrected chi connectivity index (χ4v) is 3.09. The third-order valence-corrected chi connectivity index (χ3v) is 4.65. The van der Waals surface area contributed by atoms with Crippen LogP contribution < -0.4 is 10.6 Å². The summed E-state index contributed by atoms with van der Waals surface area (Å²) >= 11 is 0. The molecule has 2 fully saturated rings. The molecule has 5 heteroatoms. The summed E-state index contributed by atoms with van der Waals surface area (Å²) in [5.74, 6) is 1.12. The molecule has 0 aromatic heterocycles. The van der Waals surface area contributed by atoms with Crippen LogP contribution in [-0.2, 0) is 9.59 Å². The molecule has 1 atom stereocenters. The van der Waals surface area contributed by atoms with Crippen molar-refractivity contribution in [1.29, 1.82) is 0 Å². The molecule has 0 saturated carbocycles. The second-order valence-electron chi connectivity index (χ2n) is 6.72. The van der Waals surface area contributed by atoms with Gasteiger partial charge in [-0.1, -0.05) is 13.8 Å². The molecule has 0 aliphatic carbocycles. The van der Waals surface area contributed by atoms with Crippen LogP contribution in [0, 0.1) is 11.8 Å². The van der Waals surface area contributed by atoms with Crippen molar-refractivity contribution in [3.8, 4) is 0 Å². The van der Waals surface area contributed by atoms with Crippen molar-refractivity contribution in [2.45, 2.75) is 52.0 Å². The number of likely N-dealkylation sites (tertiary alicyclic amines) is 1. The molecule has 2 N–H and O–H groups in total. The second kappa shape index (κ2) is 7.78. The first-order chi connectivity index (χ1) is 10.1. The van der Waals surface area contributed by atoms with Gasteiger partial charge in [-0.05, 0) is 44.7 Å². The Labute approximate surface area is 127 Å². The normalized spacial score (nSPS) is 23.6. The first-order valence-corrected chi connectivity index (χ1v) is 8.35. The molecule has 0 aromatic rings. The first-order valence-electron chi connectivity index (χ1n) is 8.35. The predicted octanol–water partition coefficient (Wildman–Crippen LogP) is 1.14. The Balaban J connectivity index is 1.65. The standard InChI is InChI=1S/C16H29N3O2/c1-12(2)16(21)18-14-6-9-19(10-7-14)15(20)4-3-13-5-8-17-11-13/h12-14,17H,3-11H2,1-2H3,(H,18,21). The van der Waals surface area contributed by atoms with Gasteiger partial charge in [-0.15, -0.1) is 0 Å². The minimum atomic E-state index is 0.0321. The van der Waals surface area contributed by atoms with Crippen molar-refractivity contribution < 1.29 is 9.59 Å². The zero-order valence-corrected chi connectivity index (χ0v) is 13.4. The highest BCUT2D eigenvalue weighted by atomic mass is 16.2. The van der Waals surface area contributed by atoms with Gasteiger partial charge in [0.2, 0.25) is 11.8 Å². The SMILES string of the molecule is CC(C)C(=O)NC1CCN(C(=O)CCC2CCNC2)CC1. The number of amides is 2. The summed E-state index contributed by atoms with van der Waals surface area (Å²) in [6.07, 6.45) is 4.66. The summed E-state index contributed by atoms with van der Waals surface area (Å²) in [5.41, 5.74) is 0. The van der Waals surface area contributed by atoms with Gasteiger partial charge < -0.3 is 15.5 Å². The summed E-state index contributed by atoms with van der Waals surface area (Å²) in [6, 6.07) is 0.239. The van der Waals surface area contributed by atoms with Crippen molar-refractivity contribution in [1.82, 2.24) is 15.5 Å². The van der Waals surface area contributed by atoms with Crippen molar-refractivity contribution >= 4 is 11.8 Å². The molecule has 5 nitrogen and oxygen atoms in total. The summed E-state index contributed by atoms with van der Waals surface area (Å²) in [5, 5.41) is 6.41. The largest absolute Gasteiger partial charge is 0.353 e. The molecule has 0 radical (unpaired) electrons. The highest BCUT2D eigenvalue weighted by Crippen LogP contribution is 2.17. The van der Waals surface area contributed by atoms with E-state index in [2.05, 4.69) is 10.6 Å². The van der Waals surface area contributed by atoms with E-state index in [0.717, 1.165) is 45.4 Å². The fourth-order valence-electron chi connectivity index (χ4n) is 3.09. The number of carbonyl (C=O) groups excluding carboxylic acids is 2. The Morgan fingerprint density at radius 1 is 1.24 bits per heavy atom. The third-order valence-electron chi connectivity index (χ3n) is 4.65. The van der Waals surface area contributed by atoms with E-state index in [1.807, 2.05) is 18.7 Å². The van der Waals surface area contributed by atoms with E-state index < -0.39 is 0 Å². The summed E-state index contributed by atoms with van der Waals surface area (Å²) in [6.45, 7) is 7.55. The average Bonchev–Trinajstić information content (AvgIpc) is 2.98. The van der Waals surface area contributed by atoms with Crippen molar-refractivity contribution in [3.05, 3.63) is 0 Å². The van der Waals surface area contributed by atoms with Crippen LogP contribution in [0.2, 0.25) is 0 Å². The van der Waals surface area contributed by atoms with Crippen molar-refractivity contribution in [3.63, 3.8) is 0 Å². The van der Waals surface area contributed by atoms with Gasteiger partial charge in [-0.2, -0.15) is 0 Å². The van der Waals surface area contributed by atoms with Gasteiger partial charge in [0.1, 0.15) is 0 Å². The van der Waals surface area contributed by atoms with Crippen LogP contribution in [0.5, 0.6) is 0 Å². The Bertz CT molecular complexity index is 357. The van der Waals surface area contributed by atoms with Gasteiger partial charge in [-0.3, -0.25) is 9.59 Å². The highest BCUT2D eigenvalue weighted by Gasteiger charge is 2.25. The smallest absolute Gasteiger partial charge is 0.222 e. The van der Waals surface area contributed by atoms with Crippen LogP contribution in [0.15, 0.2) is 0 Å². The van der Waals surface area contributed by atoms with E-state index in [9.17, 15) is 9.59 Å². The molecular formula is C16H29N3O2. The number of rotatable bonds is 5. The molecule has 2 saturated heterocycles. The first kappa shape index (κ1) is 16.3. The van der Waals surface area contributed by atoms with E-state index in [1.165, 1.54) is 6.42 Å². The number of nitrogens with zero attached hydrogens (tertiary/aromatic N) is 1. The number of piperidine rings is 1. The summed E-state index contributed by atoms with van der Waals surface area (Å²) < 4.78 is 0. The van der Waals surface area contributed by atoms with E-state index in [1.54, 1.807) is 0 Å². The quantitative estimate of drug-likeness (QED) is 0.799. The molecule has 2 aliphatic rings. The fraction of sp³-hybridized carbons (Fsp3) is 0.875. The molecule has 0 spiro atoms. The zero-order valence-electron chi connectivity index (χ0n) is 13.4. The monoisotopic (exact) mass is 295 g/mol. The van der Waals surface area contributed by atoms with Crippen LogP contribution in [-0.4, -0.2) is 48.9 Å². The maximum absolute atomic E-state index is 12.2. The van der Waals surface area contributed by atoms with Gasteiger partial charge in [0, 0.05) is 31.5 Å². The highest BCUT2D eigenvalue weighted by molar-refractivity contribution is 5.78. The zero-order chi connectivity index (χ0) is 15.2. The van der Waals surface area contributed by atoms with Crippen LogP contribution >= 0.6 is 0 Å². The van der Waals surface area contributed by atoms with Crippen molar-refractivity contribution in [2.75, 3.05) is 26.2 Å². The number of hydrogen-bond donors (Lipinski definition) is 2. The molecule has 0 aromatic carbocycles. The molecule has 2 aliphatic heterocycles. The van der Waals surface area contributed by atoms with Gasteiger partial charge in [0.25, 0.3) is 0 Å². The lowest BCUT2D eigenvalue weighted by Gasteiger charge is -2.33. The van der Waals surface area contributed by atoms with Gasteiger partial charge in [-0.25, -0.2) is 0 Å². The molecule has 21 heavy (non-hydrogen) atoms. The van der Waals surface area contributed by atoms with Crippen LogP contribution in [0.4, 0.5) is 0 Å². The average molecular weight is 295 g/mol. The lowest BCUT2D eigenvalue weighted by Crippen LogP contribution is -2.47.